The van der Waals surface area contributed by atoms with Crippen molar-refractivity contribution in [1.82, 2.24) is 0 Å². The average molecular weight is 189 g/mol. The first kappa shape index (κ1) is 9.57. The third-order valence-electron chi connectivity index (χ3n) is 2.81. The Labute approximate surface area is 86.1 Å². The van der Waals surface area contributed by atoms with E-state index in [1.54, 1.807) is 7.11 Å². The van der Waals surface area contributed by atoms with Gasteiger partial charge >= 0.3 is 0 Å². The molecule has 0 bridgehead atoms. The van der Waals surface area contributed by atoms with E-state index in [1.807, 2.05) is 0 Å². The summed E-state index contributed by atoms with van der Waals surface area (Å²) in [6.45, 7) is 4.27. The Morgan fingerprint density at radius 2 is 2.00 bits per heavy atom. The molecule has 75 valence electrons. The maximum atomic E-state index is 5.34. The average Bonchev–Trinajstić information content (AvgIpc) is 3.00. The Hall–Kier alpha value is -0.980. The van der Waals surface area contributed by atoms with E-state index < -0.39 is 0 Å². The summed E-state index contributed by atoms with van der Waals surface area (Å²) in [5.74, 6) is 3.14. The molecule has 0 aliphatic heterocycles. The molecule has 1 radical (unpaired) electrons. The molecule has 0 aromatic heterocycles. The van der Waals surface area contributed by atoms with Crippen LogP contribution in [0, 0.1) is 5.92 Å². The van der Waals surface area contributed by atoms with Crippen LogP contribution < -0.4 is 4.74 Å². The second-order valence-electron chi connectivity index (χ2n) is 4.23. The lowest BCUT2D eigenvalue weighted by molar-refractivity contribution is 0.411. The van der Waals surface area contributed by atoms with Gasteiger partial charge in [0.25, 0.3) is 0 Å². The van der Waals surface area contributed by atoms with Gasteiger partial charge in [0, 0.05) is 11.5 Å². The van der Waals surface area contributed by atoms with E-state index in [4.69, 9.17) is 4.74 Å². The highest BCUT2D eigenvalue weighted by atomic mass is 16.5. The monoisotopic (exact) mass is 189 g/mol. The highest BCUT2D eigenvalue weighted by Crippen LogP contribution is 2.42. The summed E-state index contributed by atoms with van der Waals surface area (Å²) in [6, 6.07) is 6.57. The predicted octanol–water partition coefficient (Wildman–Crippen LogP) is 3.53. The Balaban J connectivity index is 2.35. The van der Waals surface area contributed by atoms with Crippen molar-refractivity contribution in [3.05, 3.63) is 35.2 Å². The van der Waals surface area contributed by atoms with Crippen molar-refractivity contribution in [3.63, 3.8) is 0 Å². The van der Waals surface area contributed by atoms with Gasteiger partial charge in [-0.2, -0.15) is 0 Å². The van der Waals surface area contributed by atoms with Gasteiger partial charge in [-0.25, -0.2) is 0 Å². The molecule has 1 nitrogen and oxygen atoms in total. The van der Waals surface area contributed by atoms with E-state index in [0.29, 0.717) is 0 Å². The second-order valence-corrected chi connectivity index (χ2v) is 4.23. The quantitative estimate of drug-likeness (QED) is 0.706. The summed E-state index contributed by atoms with van der Waals surface area (Å²) in [5.41, 5.74) is 2.74. The van der Waals surface area contributed by atoms with Gasteiger partial charge < -0.3 is 4.74 Å². The van der Waals surface area contributed by atoms with Crippen LogP contribution in [0.25, 0.3) is 0 Å². The third kappa shape index (κ3) is 1.77. The Morgan fingerprint density at radius 1 is 1.29 bits per heavy atom. The van der Waals surface area contributed by atoms with E-state index in [1.165, 1.54) is 29.9 Å². The van der Waals surface area contributed by atoms with E-state index in [0.717, 1.165) is 11.7 Å². The Kier molecular flexibility index (Phi) is 2.49. The van der Waals surface area contributed by atoms with Crippen LogP contribution in [0.4, 0.5) is 0 Å². The first-order chi connectivity index (χ1) is 6.72. The number of methoxy groups -OCH3 is 1. The molecule has 14 heavy (non-hydrogen) atoms. The molecule has 1 aliphatic rings. The van der Waals surface area contributed by atoms with Crippen molar-refractivity contribution in [2.75, 3.05) is 7.11 Å². The van der Waals surface area contributed by atoms with Gasteiger partial charge in [-0.1, -0.05) is 26.0 Å². The van der Waals surface area contributed by atoms with Gasteiger partial charge in [-0.05, 0) is 30.4 Å². The molecule has 1 aromatic rings. The van der Waals surface area contributed by atoms with Crippen LogP contribution >= 0.6 is 0 Å². The molecule has 0 heterocycles. The lowest BCUT2D eigenvalue weighted by Crippen LogP contribution is -1.96. The van der Waals surface area contributed by atoms with Gasteiger partial charge in [0.1, 0.15) is 5.75 Å². The van der Waals surface area contributed by atoms with Crippen LogP contribution in [0.1, 0.15) is 43.7 Å². The molecule has 1 saturated carbocycles. The minimum absolute atomic E-state index is 0.819. The van der Waals surface area contributed by atoms with E-state index in [-0.39, 0.29) is 0 Å². The van der Waals surface area contributed by atoms with Gasteiger partial charge in [0.15, 0.2) is 0 Å². The second kappa shape index (κ2) is 3.64. The number of benzene rings is 1. The summed E-state index contributed by atoms with van der Waals surface area (Å²) in [5, 5.41) is 0. The van der Waals surface area contributed by atoms with Crippen LogP contribution in [0.5, 0.6) is 5.75 Å². The highest BCUT2D eigenvalue weighted by Gasteiger charge is 2.24. The van der Waals surface area contributed by atoms with Crippen LogP contribution in [-0.4, -0.2) is 7.11 Å². The maximum absolute atomic E-state index is 5.34. The van der Waals surface area contributed by atoms with Crippen molar-refractivity contribution in [1.29, 1.82) is 0 Å². The fraction of sp³-hybridized carbons (Fsp3) is 0.462. The third-order valence-corrected chi connectivity index (χ3v) is 2.81. The normalized spacial score (nSPS) is 16.0. The van der Waals surface area contributed by atoms with E-state index >= 15 is 0 Å². The van der Waals surface area contributed by atoms with Crippen LogP contribution in [0.3, 0.4) is 0 Å². The molecule has 1 aromatic carbocycles. The highest BCUT2D eigenvalue weighted by molar-refractivity contribution is 5.46. The first-order valence-corrected chi connectivity index (χ1v) is 5.21. The standard InChI is InChI=1S/C13H17O/c1-9(2)12-8-11(10-4-5-10)6-7-13(12)14-3/h6-8,10H,4-5H2,1-3H3. The van der Waals surface area contributed by atoms with Gasteiger partial charge in [-0.15, -0.1) is 0 Å². The van der Waals surface area contributed by atoms with Crippen molar-refractivity contribution >= 4 is 0 Å². The van der Waals surface area contributed by atoms with Crippen LogP contribution in [0.15, 0.2) is 18.2 Å². The largest absolute Gasteiger partial charge is 0.496 e. The minimum Gasteiger partial charge on any atom is -0.496 e. The lowest BCUT2D eigenvalue weighted by atomic mass is 9.98. The summed E-state index contributed by atoms with van der Waals surface area (Å²) >= 11 is 0. The molecule has 0 amide bonds. The van der Waals surface area contributed by atoms with Gasteiger partial charge in [0.05, 0.1) is 7.11 Å². The van der Waals surface area contributed by atoms with Crippen LogP contribution in [0.2, 0.25) is 0 Å². The zero-order chi connectivity index (χ0) is 10.1. The summed E-state index contributed by atoms with van der Waals surface area (Å²) in [4.78, 5) is 0. The SMILES string of the molecule is COc1ccc(C2CC2)cc1[C](C)C. The molecular formula is C13H17O. The summed E-state index contributed by atoms with van der Waals surface area (Å²) in [7, 11) is 1.73. The number of rotatable bonds is 3. The molecule has 0 unspecified atom stereocenters. The number of hydrogen-bond acceptors (Lipinski definition) is 1. The number of hydrogen-bond donors (Lipinski definition) is 0. The zero-order valence-corrected chi connectivity index (χ0v) is 9.13. The van der Waals surface area contributed by atoms with Crippen molar-refractivity contribution < 1.29 is 4.74 Å². The zero-order valence-electron chi connectivity index (χ0n) is 9.13. The molecule has 2 rings (SSSR count). The Bertz CT molecular complexity index is 324. The molecule has 0 saturated heterocycles. The first-order valence-electron chi connectivity index (χ1n) is 5.21. The van der Waals surface area contributed by atoms with Crippen molar-refractivity contribution in [2.45, 2.75) is 32.6 Å². The van der Waals surface area contributed by atoms with Gasteiger partial charge in [-0.3, -0.25) is 0 Å². The van der Waals surface area contributed by atoms with Crippen molar-refractivity contribution in [3.8, 4) is 5.75 Å². The molecule has 1 fully saturated rings. The Morgan fingerprint density at radius 3 is 2.50 bits per heavy atom. The molecule has 0 atom stereocenters. The summed E-state index contributed by atoms with van der Waals surface area (Å²) in [6.07, 6.45) is 2.71. The fourth-order valence-corrected chi connectivity index (χ4v) is 1.79. The van der Waals surface area contributed by atoms with Crippen LogP contribution in [-0.2, 0) is 0 Å². The topological polar surface area (TPSA) is 9.23 Å². The molecular weight excluding hydrogens is 172 g/mol. The molecule has 1 heteroatoms. The minimum atomic E-state index is 0.819. The maximum Gasteiger partial charge on any atom is 0.122 e. The molecule has 1 aliphatic carbocycles. The van der Waals surface area contributed by atoms with E-state index in [2.05, 4.69) is 32.0 Å². The molecule has 0 N–H and O–H groups in total. The lowest BCUT2D eigenvalue weighted by Gasteiger charge is -2.12. The predicted molar refractivity (Wildman–Crippen MR) is 58.7 cm³/mol. The van der Waals surface area contributed by atoms with Gasteiger partial charge in [0.2, 0.25) is 0 Å². The molecule has 0 spiro atoms. The van der Waals surface area contributed by atoms with E-state index in [9.17, 15) is 0 Å². The van der Waals surface area contributed by atoms with Crippen molar-refractivity contribution in [2.24, 2.45) is 0 Å². The summed E-state index contributed by atoms with van der Waals surface area (Å²) < 4.78 is 5.34. The fourth-order valence-electron chi connectivity index (χ4n) is 1.79. The number of ether oxygens (including phenoxy) is 1. The smallest absolute Gasteiger partial charge is 0.122 e.